The number of nitrogens with one attached hydrogen (secondary N) is 1. The smallest absolute Gasteiger partial charge is 0.175 e. The van der Waals surface area contributed by atoms with Crippen LogP contribution in [0.25, 0.3) is 0 Å². The monoisotopic (exact) mass is 309 g/mol. The highest BCUT2D eigenvalue weighted by atomic mass is 35.5. The summed E-state index contributed by atoms with van der Waals surface area (Å²) in [4.78, 5) is 0.310. The molecule has 0 saturated heterocycles. The molecule has 0 aliphatic heterocycles. The predicted octanol–water partition coefficient (Wildman–Crippen LogP) is 3.48. The van der Waals surface area contributed by atoms with Crippen LogP contribution in [-0.4, -0.2) is 20.6 Å². The lowest BCUT2D eigenvalue weighted by Gasteiger charge is -2.18. The van der Waals surface area contributed by atoms with E-state index in [2.05, 4.69) is 5.32 Å². The largest absolute Gasteiger partial charge is 0.377 e. The Labute approximate surface area is 124 Å². The van der Waals surface area contributed by atoms with Gasteiger partial charge in [-0.2, -0.15) is 0 Å². The third-order valence-corrected chi connectivity index (χ3v) is 4.42. The van der Waals surface area contributed by atoms with Crippen molar-refractivity contribution in [1.82, 2.24) is 0 Å². The standard InChI is InChI=1S/C15H16ClNO2S/c1-20(18,19)14-9-7-13(8-10-14)17-15(11-16)12-5-3-2-4-6-12/h2-10,15,17H,11H2,1H3. The van der Waals surface area contributed by atoms with Gasteiger partial charge in [0.1, 0.15) is 0 Å². The number of anilines is 1. The summed E-state index contributed by atoms with van der Waals surface area (Å²) in [7, 11) is -3.16. The lowest BCUT2D eigenvalue weighted by molar-refractivity contribution is 0.602. The Kier molecular flexibility index (Phi) is 4.68. The fourth-order valence-electron chi connectivity index (χ4n) is 1.90. The highest BCUT2D eigenvalue weighted by Crippen LogP contribution is 2.22. The minimum absolute atomic E-state index is 0.0121. The number of rotatable bonds is 5. The highest BCUT2D eigenvalue weighted by molar-refractivity contribution is 7.90. The normalized spacial score (nSPS) is 12.9. The maximum atomic E-state index is 11.4. The van der Waals surface area contributed by atoms with Gasteiger partial charge >= 0.3 is 0 Å². The summed E-state index contributed by atoms with van der Waals surface area (Å²) < 4.78 is 22.8. The average Bonchev–Trinajstić information content (AvgIpc) is 2.45. The summed E-state index contributed by atoms with van der Waals surface area (Å²) in [5.41, 5.74) is 1.93. The van der Waals surface area contributed by atoms with Crippen LogP contribution in [-0.2, 0) is 9.84 Å². The van der Waals surface area contributed by atoms with E-state index in [4.69, 9.17) is 11.6 Å². The van der Waals surface area contributed by atoms with Crippen molar-refractivity contribution < 1.29 is 8.42 Å². The van der Waals surface area contributed by atoms with Gasteiger partial charge in [-0.15, -0.1) is 11.6 Å². The van der Waals surface area contributed by atoms with E-state index >= 15 is 0 Å². The number of hydrogen-bond donors (Lipinski definition) is 1. The number of halogens is 1. The second-order valence-corrected chi connectivity index (χ2v) is 6.88. The lowest BCUT2D eigenvalue weighted by atomic mass is 10.1. The first kappa shape index (κ1) is 14.9. The van der Waals surface area contributed by atoms with Gasteiger partial charge in [0.25, 0.3) is 0 Å². The van der Waals surface area contributed by atoms with E-state index in [1.165, 1.54) is 6.26 Å². The third kappa shape index (κ3) is 3.74. The van der Waals surface area contributed by atoms with Gasteiger partial charge in [0.15, 0.2) is 9.84 Å². The van der Waals surface area contributed by atoms with E-state index < -0.39 is 9.84 Å². The van der Waals surface area contributed by atoms with Crippen molar-refractivity contribution in [2.24, 2.45) is 0 Å². The lowest BCUT2D eigenvalue weighted by Crippen LogP contribution is -2.12. The predicted molar refractivity (Wildman–Crippen MR) is 83.1 cm³/mol. The van der Waals surface area contributed by atoms with Crippen molar-refractivity contribution in [1.29, 1.82) is 0 Å². The zero-order valence-electron chi connectivity index (χ0n) is 11.1. The molecular weight excluding hydrogens is 294 g/mol. The molecule has 0 radical (unpaired) electrons. The molecule has 1 unspecified atom stereocenters. The van der Waals surface area contributed by atoms with Crippen LogP contribution < -0.4 is 5.32 Å². The zero-order chi connectivity index (χ0) is 14.6. The molecule has 5 heteroatoms. The van der Waals surface area contributed by atoms with E-state index in [0.29, 0.717) is 10.8 Å². The van der Waals surface area contributed by atoms with Gasteiger partial charge in [-0.05, 0) is 29.8 Å². The van der Waals surface area contributed by atoms with E-state index in [0.717, 1.165) is 11.3 Å². The summed E-state index contributed by atoms with van der Waals surface area (Å²) in [6.07, 6.45) is 1.20. The molecule has 2 aromatic carbocycles. The van der Waals surface area contributed by atoms with Crippen LogP contribution in [0.3, 0.4) is 0 Å². The molecule has 0 aliphatic carbocycles. The molecule has 106 valence electrons. The van der Waals surface area contributed by atoms with Gasteiger partial charge in [-0.1, -0.05) is 30.3 Å². The van der Waals surface area contributed by atoms with E-state index in [1.54, 1.807) is 24.3 Å². The zero-order valence-corrected chi connectivity index (χ0v) is 12.7. The number of hydrogen-bond acceptors (Lipinski definition) is 3. The Morgan fingerprint density at radius 2 is 1.65 bits per heavy atom. The van der Waals surface area contributed by atoms with E-state index in [-0.39, 0.29) is 6.04 Å². The number of sulfone groups is 1. The van der Waals surface area contributed by atoms with Crippen LogP contribution in [0.1, 0.15) is 11.6 Å². The van der Waals surface area contributed by atoms with Crippen molar-refractivity contribution in [3.63, 3.8) is 0 Å². The Morgan fingerprint density at radius 3 is 2.15 bits per heavy atom. The van der Waals surface area contributed by atoms with E-state index in [9.17, 15) is 8.42 Å². The first-order valence-electron chi connectivity index (χ1n) is 6.18. The van der Waals surface area contributed by atoms with Crippen molar-refractivity contribution in [3.05, 3.63) is 60.2 Å². The van der Waals surface area contributed by atoms with Crippen molar-refractivity contribution in [2.75, 3.05) is 17.5 Å². The Morgan fingerprint density at radius 1 is 1.05 bits per heavy atom. The first-order chi connectivity index (χ1) is 9.50. The fraction of sp³-hybridized carbons (Fsp3) is 0.200. The molecule has 0 heterocycles. The highest BCUT2D eigenvalue weighted by Gasteiger charge is 2.11. The van der Waals surface area contributed by atoms with E-state index in [1.807, 2.05) is 30.3 Å². The Balaban J connectivity index is 2.17. The summed E-state index contributed by atoms with van der Waals surface area (Å²) in [5.74, 6) is 0.428. The molecule has 2 aromatic rings. The molecule has 2 rings (SSSR count). The van der Waals surface area contributed by atoms with Crippen molar-refractivity contribution in [2.45, 2.75) is 10.9 Å². The Bertz CT molecular complexity index is 654. The topological polar surface area (TPSA) is 46.2 Å². The van der Waals surface area contributed by atoms with Gasteiger partial charge in [-0.3, -0.25) is 0 Å². The van der Waals surface area contributed by atoms with Crippen molar-refractivity contribution >= 4 is 27.1 Å². The molecule has 0 spiro atoms. The SMILES string of the molecule is CS(=O)(=O)c1ccc(NC(CCl)c2ccccc2)cc1. The summed E-state index contributed by atoms with van der Waals surface area (Å²) in [5, 5.41) is 3.30. The second-order valence-electron chi connectivity index (χ2n) is 4.56. The maximum Gasteiger partial charge on any atom is 0.175 e. The molecule has 20 heavy (non-hydrogen) atoms. The molecule has 0 bridgehead atoms. The first-order valence-corrected chi connectivity index (χ1v) is 8.61. The molecular formula is C15H16ClNO2S. The quantitative estimate of drug-likeness (QED) is 0.860. The average molecular weight is 310 g/mol. The Hall–Kier alpha value is -1.52. The molecule has 3 nitrogen and oxygen atoms in total. The summed E-state index contributed by atoms with van der Waals surface area (Å²) in [6, 6.07) is 16.6. The van der Waals surface area contributed by atoms with Crippen molar-refractivity contribution in [3.8, 4) is 0 Å². The molecule has 0 saturated carbocycles. The van der Waals surface area contributed by atoms with Gasteiger partial charge in [0.2, 0.25) is 0 Å². The molecule has 0 fully saturated rings. The van der Waals surface area contributed by atoms with Crippen LogP contribution in [0, 0.1) is 0 Å². The third-order valence-electron chi connectivity index (χ3n) is 2.98. The van der Waals surface area contributed by atoms with Gasteiger partial charge in [0, 0.05) is 17.8 Å². The molecule has 1 atom stereocenters. The molecule has 0 aliphatic rings. The fourth-order valence-corrected chi connectivity index (χ4v) is 2.78. The van der Waals surface area contributed by atoms with Gasteiger partial charge in [-0.25, -0.2) is 8.42 Å². The van der Waals surface area contributed by atoms with Crippen LogP contribution in [0.4, 0.5) is 5.69 Å². The molecule has 0 aromatic heterocycles. The maximum absolute atomic E-state index is 11.4. The van der Waals surface area contributed by atoms with Gasteiger partial charge < -0.3 is 5.32 Å². The summed E-state index contributed by atoms with van der Waals surface area (Å²) >= 11 is 6.00. The van der Waals surface area contributed by atoms with Crippen LogP contribution >= 0.6 is 11.6 Å². The minimum Gasteiger partial charge on any atom is -0.377 e. The minimum atomic E-state index is -3.16. The summed E-state index contributed by atoms with van der Waals surface area (Å²) in [6.45, 7) is 0. The molecule has 0 amide bonds. The van der Waals surface area contributed by atoms with Gasteiger partial charge in [0.05, 0.1) is 10.9 Å². The van der Waals surface area contributed by atoms with Crippen LogP contribution in [0.5, 0.6) is 0 Å². The second kappa shape index (κ2) is 6.29. The van der Waals surface area contributed by atoms with Crippen LogP contribution in [0.2, 0.25) is 0 Å². The molecule has 1 N–H and O–H groups in total. The number of alkyl halides is 1. The number of benzene rings is 2. The van der Waals surface area contributed by atoms with Crippen LogP contribution in [0.15, 0.2) is 59.5 Å².